The van der Waals surface area contributed by atoms with E-state index >= 15 is 0 Å². The molecule has 0 aliphatic heterocycles. The van der Waals surface area contributed by atoms with E-state index < -0.39 is 0 Å². The fraction of sp³-hybridized carbons (Fsp3) is 0.615. The summed E-state index contributed by atoms with van der Waals surface area (Å²) in [5.41, 5.74) is 4.93. The highest BCUT2D eigenvalue weighted by molar-refractivity contribution is 5.57. The van der Waals surface area contributed by atoms with Gasteiger partial charge >= 0.3 is 0 Å². The van der Waals surface area contributed by atoms with Crippen LogP contribution in [0.5, 0.6) is 0 Å². The van der Waals surface area contributed by atoms with Crippen LogP contribution in [0.25, 0.3) is 6.08 Å². The molecule has 0 saturated carbocycles. The third kappa shape index (κ3) is 2.73. The van der Waals surface area contributed by atoms with Crippen LogP contribution in [0.3, 0.4) is 0 Å². The predicted molar refractivity (Wildman–Crippen MR) is 69.5 cm³/mol. The van der Waals surface area contributed by atoms with Crippen molar-refractivity contribution in [2.45, 2.75) is 40.7 Å². The molecule has 3 heteroatoms. The number of hydrogen-bond donors (Lipinski definition) is 1. The number of aromatic nitrogens is 2. The number of nitrogens with zero attached hydrogens (tertiary/aromatic N) is 2. The summed E-state index contributed by atoms with van der Waals surface area (Å²) >= 11 is 0. The van der Waals surface area contributed by atoms with Gasteiger partial charge in [0.05, 0.1) is 5.69 Å². The van der Waals surface area contributed by atoms with Crippen LogP contribution < -0.4 is 5.32 Å². The van der Waals surface area contributed by atoms with Crippen LogP contribution in [0.4, 0.5) is 0 Å². The zero-order chi connectivity index (χ0) is 12.3. The lowest BCUT2D eigenvalue weighted by Gasteiger charge is -2.13. The molecule has 1 rings (SSSR count). The van der Waals surface area contributed by atoms with Crippen molar-refractivity contribution in [1.29, 1.82) is 0 Å². The second kappa shape index (κ2) is 5.30. The van der Waals surface area contributed by atoms with Crippen molar-refractivity contribution >= 4 is 6.08 Å². The summed E-state index contributed by atoms with van der Waals surface area (Å²) in [6.45, 7) is 11.7. The van der Waals surface area contributed by atoms with E-state index in [2.05, 4.69) is 51.1 Å². The van der Waals surface area contributed by atoms with Gasteiger partial charge in [-0.2, -0.15) is 5.10 Å². The first-order chi connectivity index (χ1) is 7.47. The molecule has 0 radical (unpaired) electrons. The maximum Gasteiger partial charge on any atom is 0.0668 e. The molecule has 3 nitrogen and oxygen atoms in total. The fourth-order valence-electron chi connectivity index (χ4n) is 1.82. The molecule has 16 heavy (non-hydrogen) atoms. The lowest BCUT2D eigenvalue weighted by atomic mass is 10.1. The number of rotatable bonds is 4. The minimum atomic E-state index is 0.420. The van der Waals surface area contributed by atoms with E-state index in [1.54, 1.807) is 0 Å². The molecule has 1 aromatic rings. The van der Waals surface area contributed by atoms with Gasteiger partial charge in [-0.3, -0.25) is 4.68 Å². The van der Waals surface area contributed by atoms with Gasteiger partial charge in [-0.05, 0) is 34.2 Å². The van der Waals surface area contributed by atoms with E-state index in [4.69, 9.17) is 0 Å². The van der Waals surface area contributed by atoms with Crippen LogP contribution in [0, 0.1) is 13.8 Å². The molecular weight excluding hydrogens is 198 g/mol. The third-order valence-electron chi connectivity index (χ3n) is 3.13. The minimum absolute atomic E-state index is 0.420. The summed E-state index contributed by atoms with van der Waals surface area (Å²) < 4.78 is 1.94. The molecular formula is C13H23N3. The molecule has 1 N–H and O–H groups in total. The molecule has 0 amide bonds. The number of nitrogens with one attached hydrogen (secondary N) is 1. The molecule has 0 aliphatic rings. The molecule has 0 aliphatic carbocycles. The molecule has 0 aromatic carbocycles. The molecule has 0 spiro atoms. The summed E-state index contributed by atoms with van der Waals surface area (Å²) in [4.78, 5) is 0. The quantitative estimate of drug-likeness (QED) is 0.846. The van der Waals surface area contributed by atoms with Crippen molar-refractivity contribution in [1.82, 2.24) is 15.1 Å². The van der Waals surface area contributed by atoms with E-state index in [0.717, 1.165) is 12.2 Å². The first-order valence-corrected chi connectivity index (χ1v) is 5.89. The van der Waals surface area contributed by atoms with Crippen LogP contribution in [0.15, 0.2) is 5.57 Å². The van der Waals surface area contributed by atoms with Crippen molar-refractivity contribution in [2.24, 2.45) is 7.05 Å². The first-order valence-electron chi connectivity index (χ1n) is 5.89. The Labute approximate surface area is 98.5 Å². The van der Waals surface area contributed by atoms with Crippen LogP contribution in [0.2, 0.25) is 0 Å². The normalized spacial score (nSPS) is 14.2. The van der Waals surface area contributed by atoms with E-state index in [9.17, 15) is 0 Å². The van der Waals surface area contributed by atoms with Gasteiger partial charge in [0.1, 0.15) is 0 Å². The first kappa shape index (κ1) is 13.0. The standard InChI is InChI=1S/C13H23N3/c1-7-14-10(3)9(2)8-13-11(4)15-16(6)12(13)5/h8,10,14H,7H2,1-6H3. The summed E-state index contributed by atoms with van der Waals surface area (Å²) in [7, 11) is 1.99. The highest BCUT2D eigenvalue weighted by Gasteiger charge is 2.09. The average molecular weight is 221 g/mol. The van der Waals surface area contributed by atoms with Gasteiger partial charge in [-0.1, -0.05) is 18.6 Å². The average Bonchev–Trinajstić information content (AvgIpc) is 2.45. The molecule has 1 atom stereocenters. The van der Waals surface area contributed by atoms with Gasteiger partial charge in [-0.15, -0.1) is 0 Å². The third-order valence-corrected chi connectivity index (χ3v) is 3.13. The Morgan fingerprint density at radius 3 is 2.56 bits per heavy atom. The summed E-state index contributed by atoms with van der Waals surface area (Å²) in [5, 5.41) is 7.84. The minimum Gasteiger partial charge on any atom is -0.311 e. The van der Waals surface area contributed by atoms with Gasteiger partial charge in [0.2, 0.25) is 0 Å². The Bertz CT molecular complexity index is 388. The maximum absolute atomic E-state index is 4.42. The molecule has 0 fully saturated rings. The van der Waals surface area contributed by atoms with Gasteiger partial charge < -0.3 is 5.32 Å². The highest BCUT2D eigenvalue weighted by Crippen LogP contribution is 2.17. The Balaban J connectivity index is 2.97. The van der Waals surface area contributed by atoms with Crippen molar-refractivity contribution in [3.63, 3.8) is 0 Å². The van der Waals surface area contributed by atoms with Gasteiger partial charge in [0.25, 0.3) is 0 Å². The largest absolute Gasteiger partial charge is 0.311 e. The number of likely N-dealkylation sites (N-methyl/N-ethyl adjacent to an activating group) is 1. The van der Waals surface area contributed by atoms with E-state index in [1.165, 1.54) is 16.8 Å². The van der Waals surface area contributed by atoms with Crippen LogP contribution >= 0.6 is 0 Å². The molecule has 90 valence electrons. The Morgan fingerprint density at radius 1 is 1.50 bits per heavy atom. The Hall–Kier alpha value is -1.09. The highest BCUT2D eigenvalue weighted by atomic mass is 15.3. The molecule has 0 saturated heterocycles. The maximum atomic E-state index is 4.42. The van der Waals surface area contributed by atoms with Gasteiger partial charge in [0.15, 0.2) is 0 Å². The van der Waals surface area contributed by atoms with Crippen LogP contribution in [-0.4, -0.2) is 22.4 Å². The zero-order valence-electron chi connectivity index (χ0n) is 11.3. The summed E-state index contributed by atoms with van der Waals surface area (Å²) in [5.74, 6) is 0. The van der Waals surface area contributed by atoms with Crippen molar-refractivity contribution in [3.05, 3.63) is 22.5 Å². The van der Waals surface area contributed by atoms with Crippen molar-refractivity contribution < 1.29 is 0 Å². The molecule has 1 heterocycles. The SMILES string of the molecule is CCNC(C)C(C)=Cc1c(C)nn(C)c1C. The molecule has 0 bridgehead atoms. The summed E-state index contributed by atoms with van der Waals surface area (Å²) in [6, 6.07) is 0.420. The van der Waals surface area contributed by atoms with Crippen molar-refractivity contribution in [2.75, 3.05) is 6.54 Å². The lowest BCUT2D eigenvalue weighted by Crippen LogP contribution is -2.26. The van der Waals surface area contributed by atoms with E-state index in [0.29, 0.717) is 6.04 Å². The fourth-order valence-corrected chi connectivity index (χ4v) is 1.82. The predicted octanol–water partition coefficient (Wildman–Crippen LogP) is 2.44. The van der Waals surface area contributed by atoms with E-state index in [-0.39, 0.29) is 0 Å². The molecule has 1 unspecified atom stereocenters. The topological polar surface area (TPSA) is 29.9 Å². The summed E-state index contributed by atoms with van der Waals surface area (Å²) in [6.07, 6.45) is 2.24. The monoisotopic (exact) mass is 221 g/mol. The van der Waals surface area contributed by atoms with Gasteiger partial charge in [-0.25, -0.2) is 0 Å². The smallest absolute Gasteiger partial charge is 0.0668 e. The van der Waals surface area contributed by atoms with E-state index in [1.807, 2.05) is 11.7 Å². The Morgan fingerprint density at radius 2 is 2.12 bits per heavy atom. The number of hydrogen-bond acceptors (Lipinski definition) is 2. The van der Waals surface area contributed by atoms with Gasteiger partial charge in [0, 0.05) is 24.3 Å². The Kier molecular flexibility index (Phi) is 4.30. The second-order valence-corrected chi connectivity index (χ2v) is 4.38. The number of aryl methyl sites for hydroxylation is 2. The van der Waals surface area contributed by atoms with Crippen LogP contribution in [0.1, 0.15) is 37.7 Å². The zero-order valence-corrected chi connectivity index (χ0v) is 11.3. The van der Waals surface area contributed by atoms with Crippen LogP contribution in [-0.2, 0) is 7.05 Å². The molecule has 1 aromatic heterocycles. The second-order valence-electron chi connectivity index (χ2n) is 4.38. The lowest BCUT2D eigenvalue weighted by molar-refractivity contribution is 0.636. The van der Waals surface area contributed by atoms with Crippen molar-refractivity contribution in [3.8, 4) is 0 Å².